The van der Waals surface area contributed by atoms with Gasteiger partial charge in [-0.25, -0.2) is 0 Å². The van der Waals surface area contributed by atoms with Gasteiger partial charge in [-0.3, -0.25) is 4.98 Å². The maximum Gasteiger partial charge on any atom is 0.0951 e. The third-order valence-corrected chi connectivity index (χ3v) is 3.46. The number of aromatic nitrogens is 1. The van der Waals surface area contributed by atoms with Crippen molar-refractivity contribution in [2.75, 3.05) is 30.4 Å². The van der Waals surface area contributed by atoms with Crippen molar-refractivity contribution in [1.29, 1.82) is 0 Å². The standard InChI is InChI=1S/C14H17N3O/c1-10-9-18-8-7-17(10)13-5-6-16-14-11(13)3-2-4-12(14)15/h2-6,10H,7-9,15H2,1H3. The van der Waals surface area contributed by atoms with Crippen LogP contribution in [0.1, 0.15) is 6.92 Å². The average Bonchev–Trinajstić information content (AvgIpc) is 2.40. The molecule has 1 fully saturated rings. The summed E-state index contributed by atoms with van der Waals surface area (Å²) in [6.07, 6.45) is 1.83. The van der Waals surface area contributed by atoms with E-state index in [4.69, 9.17) is 10.5 Å². The molecule has 0 spiro atoms. The van der Waals surface area contributed by atoms with Gasteiger partial charge in [0.05, 0.1) is 24.4 Å². The van der Waals surface area contributed by atoms with Crippen LogP contribution in [-0.2, 0) is 4.74 Å². The van der Waals surface area contributed by atoms with Crippen LogP contribution in [0.4, 0.5) is 11.4 Å². The van der Waals surface area contributed by atoms with Gasteiger partial charge in [-0.05, 0) is 19.1 Å². The minimum Gasteiger partial charge on any atom is -0.397 e. The highest BCUT2D eigenvalue weighted by atomic mass is 16.5. The van der Waals surface area contributed by atoms with Gasteiger partial charge in [-0.15, -0.1) is 0 Å². The number of nitrogens with two attached hydrogens (primary N) is 1. The first-order valence-electron chi connectivity index (χ1n) is 6.25. The highest BCUT2D eigenvalue weighted by Crippen LogP contribution is 2.30. The topological polar surface area (TPSA) is 51.4 Å². The summed E-state index contributed by atoms with van der Waals surface area (Å²) in [7, 11) is 0. The summed E-state index contributed by atoms with van der Waals surface area (Å²) < 4.78 is 5.49. The van der Waals surface area contributed by atoms with Crippen LogP contribution in [0.3, 0.4) is 0 Å². The quantitative estimate of drug-likeness (QED) is 0.779. The van der Waals surface area contributed by atoms with Crippen LogP contribution < -0.4 is 10.6 Å². The molecule has 2 N–H and O–H groups in total. The first-order chi connectivity index (χ1) is 8.77. The largest absolute Gasteiger partial charge is 0.397 e. The molecule has 0 amide bonds. The SMILES string of the molecule is CC1COCCN1c1ccnc2c(N)cccc12. The number of anilines is 2. The molecule has 1 atom stereocenters. The molecule has 0 saturated carbocycles. The van der Waals surface area contributed by atoms with Crippen LogP contribution in [-0.4, -0.2) is 30.8 Å². The third kappa shape index (κ3) is 1.78. The predicted molar refractivity (Wildman–Crippen MR) is 73.8 cm³/mol. The summed E-state index contributed by atoms with van der Waals surface area (Å²) in [6, 6.07) is 8.39. The number of para-hydroxylation sites is 1. The Hall–Kier alpha value is -1.81. The molecule has 2 heterocycles. The molecule has 94 valence electrons. The van der Waals surface area contributed by atoms with E-state index in [1.54, 1.807) is 0 Å². The van der Waals surface area contributed by atoms with Gasteiger partial charge in [0.25, 0.3) is 0 Å². The van der Waals surface area contributed by atoms with Crippen molar-refractivity contribution < 1.29 is 4.74 Å². The van der Waals surface area contributed by atoms with E-state index in [2.05, 4.69) is 28.9 Å². The Labute approximate surface area is 106 Å². The van der Waals surface area contributed by atoms with E-state index in [0.717, 1.165) is 36.3 Å². The van der Waals surface area contributed by atoms with Gasteiger partial charge in [-0.2, -0.15) is 0 Å². The molecule has 4 heteroatoms. The van der Waals surface area contributed by atoms with E-state index in [9.17, 15) is 0 Å². The Morgan fingerprint density at radius 2 is 2.28 bits per heavy atom. The third-order valence-electron chi connectivity index (χ3n) is 3.46. The van der Waals surface area contributed by atoms with Crippen LogP contribution in [0.25, 0.3) is 10.9 Å². The summed E-state index contributed by atoms with van der Waals surface area (Å²) in [6.45, 7) is 4.63. The van der Waals surface area contributed by atoms with Gasteiger partial charge >= 0.3 is 0 Å². The minimum absolute atomic E-state index is 0.380. The second-order valence-corrected chi connectivity index (χ2v) is 4.69. The van der Waals surface area contributed by atoms with E-state index in [0.29, 0.717) is 6.04 Å². The fourth-order valence-corrected chi connectivity index (χ4v) is 2.52. The van der Waals surface area contributed by atoms with E-state index < -0.39 is 0 Å². The van der Waals surface area contributed by atoms with Crippen molar-refractivity contribution in [3.63, 3.8) is 0 Å². The number of nitrogen functional groups attached to an aromatic ring is 1. The van der Waals surface area contributed by atoms with Gasteiger partial charge < -0.3 is 15.4 Å². The normalized spacial score (nSPS) is 20.3. The lowest BCUT2D eigenvalue weighted by molar-refractivity contribution is 0.0991. The Balaban J connectivity index is 2.14. The zero-order chi connectivity index (χ0) is 12.5. The number of morpholine rings is 1. The fourth-order valence-electron chi connectivity index (χ4n) is 2.52. The number of benzene rings is 1. The van der Waals surface area contributed by atoms with E-state index in [1.807, 2.05) is 18.3 Å². The summed E-state index contributed by atoms with van der Waals surface area (Å²) in [5.41, 5.74) is 8.80. The predicted octanol–water partition coefficient (Wildman–Crippen LogP) is 2.04. The molecule has 1 aliphatic rings. The number of ether oxygens (including phenoxy) is 1. The zero-order valence-corrected chi connectivity index (χ0v) is 10.5. The number of fused-ring (bicyclic) bond motifs is 1. The first kappa shape index (κ1) is 11.3. The van der Waals surface area contributed by atoms with Crippen LogP contribution in [0.2, 0.25) is 0 Å². The molecule has 3 rings (SSSR count). The molecular weight excluding hydrogens is 226 g/mol. The lowest BCUT2D eigenvalue weighted by Gasteiger charge is -2.35. The van der Waals surface area contributed by atoms with Crippen molar-refractivity contribution in [3.05, 3.63) is 30.5 Å². The van der Waals surface area contributed by atoms with E-state index in [-0.39, 0.29) is 0 Å². The summed E-state index contributed by atoms with van der Waals surface area (Å²) in [5.74, 6) is 0. The Kier molecular flexibility index (Phi) is 2.80. The molecule has 0 bridgehead atoms. The second-order valence-electron chi connectivity index (χ2n) is 4.69. The highest BCUT2D eigenvalue weighted by molar-refractivity contribution is 5.98. The van der Waals surface area contributed by atoms with Crippen molar-refractivity contribution in [1.82, 2.24) is 4.98 Å². The van der Waals surface area contributed by atoms with Gasteiger partial charge in [-0.1, -0.05) is 12.1 Å². The molecule has 4 nitrogen and oxygen atoms in total. The molecule has 0 aliphatic carbocycles. The molecule has 1 aliphatic heterocycles. The molecule has 2 aromatic rings. The summed E-state index contributed by atoms with van der Waals surface area (Å²) in [4.78, 5) is 6.75. The average molecular weight is 243 g/mol. The zero-order valence-electron chi connectivity index (χ0n) is 10.5. The van der Waals surface area contributed by atoms with Crippen molar-refractivity contribution in [2.24, 2.45) is 0 Å². The maximum absolute atomic E-state index is 5.98. The molecule has 1 aromatic heterocycles. The van der Waals surface area contributed by atoms with Crippen LogP contribution in [0.15, 0.2) is 30.5 Å². The smallest absolute Gasteiger partial charge is 0.0951 e. The lowest BCUT2D eigenvalue weighted by atomic mass is 10.1. The molecule has 1 saturated heterocycles. The summed E-state index contributed by atoms with van der Waals surface area (Å²) in [5, 5.41) is 1.12. The number of rotatable bonds is 1. The Morgan fingerprint density at radius 1 is 1.39 bits per heavy atom. The van der Waals surface area contributed by atoms with Crippen molar-refractivity contribution in [3.8, 4) is 0 Å². The Bertz CT molecular complexity index is 570. The number of hydrogen-bond donors (Lipinski definition) is 1. The van der Waals surface area contributed by atoms with E-state index >= 15 is 0 Å². The van der Waals surface area contributed by atoms with E-state index in [1.165, 1.54) is 5.69 Å². The molecule has 1 aromatic carbocycles. The van der Waals surface area contributed by atoms with Crippen LogP contribution >= 0.6 is 0 Å². The number of hydrogen-bond acceptors (Lipinski definition) is 4. The lowest BCUT2D eigenvalue weighted by Crippen LogP contribution is -2.43. The fraction of sp³-hybridized carbons (Fsp3) is 0.357. The number of pyridine rings is 1. The monoisotopic (exact) mass is 243 g/mol. The van der Waals surface area contributed by atoms with Crippen molar-refractivity contribution >= 4 is 22.3 Å². The molecular formula is C14H17N3O. The molecule has 1 unspecified atom stereocenters. The summed E-state index contributed by atoms with van der Waals surface area (Å²) >= 11 is 0. The highest BCUT2D eigenvalue weighted by Gasteiger charge is 2.21. The van der Waals surface area contributed by atoms with Gasteiger partial charge in [0.1, 0.15) is 0 Å². The van der Waals surface area contributed by atoms with Crippen molar-refractivity contribution in [2.45, 2.75) is 13.0 Å². The molecule has 0 radical (unpaired) electrons. The molecule has 18 heavy (non-hydrogen) atoms. The first-order valence-corrected chi connectivity index (χ1v) is 6.25. The van der Waals surface area contributed by atoms with Gasteiger partial charge in [0, 0.05) is 29.9 Å². The van der Waals surface area contributed by atoms with Gasteiger partial charge in [0.15, 0.2) is 0 Å². The number of nitrogens with zero attached hydrogens (tertiary/aromatic N) is 2. The van der Waals surface area contributed by atoms with Gasteiger partial charge in [0.2, 0.25) is 0 Å². The Morgan fingerprint density at radius 3 is 3.11 bits per heavy atom. The maximum atomic E-state index is 5.98. The minimum atomic E-state index is 0.380. The second kappa shape index (κ2) is 4.46. The van der Waals surface area contributed by atoms with Crippen LogP contribution in [0.5, 0.6) is 0 Å². The van der Waals surface area contributed by atoms with Crippen LogP contribution in [0, 0.1) is 0 Å².